The van der Waals surface area contributed by atoms with Crippen molar-refractivity contribution in [2.45, 2.75) is 58.3 Å². The minimum Gasteiger partial charge on any atom is -0.494 e. The first kappa shape index (κ1) is 31.8. The molecule has 0 fully saturated rings. The van der Waals surface area contributed by atoms with Crippen molar-refractivity contribution in [3.63, 3.8) is 0 Å². The summed E-state index contributed by atoms with van der Waals surface area (Å²) in [7, 11) is -0.968. The molecule has 4 rings (SSSR count). The number of aryl methyl sites for hydroxylation is 1. The molecule has 0 N–H and O–H groups in total. The lowest BCUT2D eigenvalue weighted by Crippen LogP contribution is -2.33. The first-order chi connectivity index (χ1) is 19.8. The summed E-state index contributed by atoms with van der Waals surface area (Å²) in [5, 5.41) is 4.73. The number of hydrogen-bond acceptors (Lipinski definition) is 7. The van der Waals surface area contributed by atoms with Crippen LogP contribution in [0.15, 0.2) is 48.8 Å². The average Bonchev–Trinajstić information content (AvgIpc) is 3.34. The standard InChI is InChI=1S/C31H44FN5O3Si2/c1-23-17-30(36(21-39-13-15-41(3,4)5)22-40-14-16-42(6,7)8)37-31(35-23)26(20-34-37)25-9-11-28(33-19-25)24-10-12-29(38-2)27(32)18-24/h9-12,17-20H,13-16,21-22H2,1-8H3. The molecule has 226 valence electrons. The summed E-state index contributed by atoms with van der Waals surface area (Å²) in [5.41, 5.74) is 4.67. The third-order valence-electron chi connectivity index (χ3n) is 6.91. The first-order valence-electron chi connectivity index (χ1n) is 14.4. The number of halogens is 1. The number of aromatic nitrogens is 4. The number of nitrogens with zero attached hydrogens (tertiary/aromatic N) is 5. The second-order valence-corrected chi connectivity index (χ2v) is 24.3. The highest BCUT2D eigenvalue weighted by Crippen LogP contribution is 2.29. The summed E-state index contributed by atoms with van der Waals surface area (Å²) in [6.07, 6.45) is 3.58. The Hall–Kier alpha value is -3.13. The lowest BCUT2D eigenvalue weighted by molar-refractivity contribution is 0.0942. The molecule has 1 aromatic carbocycles. The molecule has 0 spiro atoms. The number of benzene rings is 1. The quantitative estimate of drug-likeness (QED) is 0.0841. The van der Waals surface area contributed by atoms with Crippen molar-refractivity contribution < 1.29 is 18.6 Å². The number of methoxy groups -OCH3 is 1. The maximum Gasteiger partial charge on any atom is 0.165 e. The van der Waals surface area contributed by atoms with E-state index in [9.17, 15) is 4.39 Å². The second kappa shape index (κ2) is 13.5. The molecule has 0 amide bonds. The Morgan fingerprint density at radius 2 is 1.50 bits per heavy atom. The van der Waals surface area contributed by atoms with E-state index < -0.39 is 22.0 Å². The summed E-state index contributed by atoms with van der Waals surface area (Å²) in [6.45, 7) is 18.3. The Morgan fingerprint density at radius 3 is 2.05 bits per heavy atom. The molecule has 11 heteroatoms. The van der Waals surface area contributed by atoms with Gasteiger partial charge in [0.25, 0.3) is 0 Å². The molecular formula is C31H44FN5O3Si2. The molecule has 0 unspecified atom stereocenters. The predicted molar refractivity (Wildman–Crippen MR) is 173 cm³/mol. The van der Waals surface area contributed by atoms with Crippen LogP contribution in [0.25, 0.3) is 28.0 Å². The molecule has 3 aromatic heterocycles. The van der Waals surface area contributed by atoms with Crippen LogP contribution in [0.2, 0.25) is 51.4 Å². The minimum atomic E-state index is -1.21. The summed E-state index contributed by atoms with van der Waals surface area (Å²) in [4.78, 5) is 11.5. The fourth-order valence-electron chi connectivity index (χ4n) is 4.32. The van der Waals surface area contributed by atoms with Crippen molar-refractivity contribution in [2.75, 3.05) is 38.7 Å². The number of rotatable bonds is 14. The van der Waals surface area contributed by atoms with Crippen molar-refractivity contribution in [3.05, 3.63) is 60.3 Å². The predicted octanol–water partition coefficient (Wildman–Crippen LogP) is 7.35. The number of anilines is 1. The van der Waals surface area contributed by atoms with Crippen LogP contribution in [0.5, 0.6) is 5.75 Å². The van der Waals surface area contributed by atoms with E-state index in [0.717, 1.165) is 53.6 Å². The number of ether oxygens (including phenoxy) is 3. The molecule has 0 bridgehead atoms. The van der Waals surface area contributed by atoms with Crippen LogP contribution in [0, 0.1) is 12.7 Å². The van der Waals surface area contributed by atoms with Gasteiger partial charge in [0, 0.05) is 64.0 Å². The summed E-state index contributed by atoms with van der Waals surface area (Å²) >= 11 is 0. The molecule has 0 aliphatic carbocycles. The van der Waals surface area contributed by atoms with Crippen LogP contribution in [0.1, 0.15) is 5.69 Å². The van der Waals surface area contributed by atoms with Crippen LogP contribution in [0.4, 0.5) is 10.2 Å². The topological polar surface area (TPSA) is 74.0 Å². The summed E-state index contributed by atoms with van der Waals surface area (Å²) in [5.74, 6) is 0.646. The monoisotopic (exact) mass is 609 g/mol. The molecular weight excluding hydrogens is 566 g/mol. The van der Waals surface area contributed by atoms with E-state index >= 15 is 0 Å². The zero-order valence-electron chi connectivity index (χ0n) is 26.2. The number of pyridine rings is 1. The normalized spacial score (nSPS) is 12.2. The largest absolute Gasteiger partial charge is 0.494 e. The third kappa shape index (κ3) is 8.46. The molecule has 4 aromatic rings. The molecule has 0 atom stereocenters. The van der Waals surface area contributed by atoms with Crippen LogP contribution in [0.3, 0.4) is 0 Å². The van der Waals surface area contributed by atoms with E-state index in [2.05, 4.69) is 49.2 Å². The van der Waals surface area contributed by atoms with Crippen molar-refractivity contribution >= 4 is 27.6 Å². The van der Waals surface area contributed by atoms with Gasteiger partial charge in [-0.1, -0.05) is 45.3 Å². The maximum atomic E-state index is 14.3. The summed E-state index contributed by atoms with van der Waals surface area (Å²) in [6, 6.07) is 12.9. The van der Waals surface area contributed by atoms with E-state index in [1.54, 1.807) is 18.3 Å². The van der Waals surface area contributed by atoms with Crippen LogP contribution in [-0.4, -0.2) is 69.5 Å². The zero-order valence-corrected chi connectivity index (χ0v) is 28.2. The summed E-state index contributed by atoms with van der Waals surface area (Å²) < 4.78 is 33.5. The van der Waals surface area contributed by atoms with Gasteiger partial charge in [0.15, 0.2) is 17.2 Å². The average molecular weight is 610 g/mol. The van der Waals surface area contributed by atoms with E-state index in [-0.39, 0.29) is 5.75 Å². The molecule has 0 radical (unpaired) electrons. The van der Waals surface area contributed by atoms with E-state index in [0.29, 0.717) is 24.7 Å². The lowest BCUT2D eigenvalue weighted by atomic mass is 10.1. The Kier molecular flexibility index (Phi) is 10.2. The minimum absolute atomic E-state index is 0.205. The Labute approximate surface area is 250 Å². The zero-order chi connectivity index (χ0) is 30.5. The molecule has 0 saturated carbocycles. The smallest absolute Gasteiger partial charge is 0.165 e. The molecule has 0 aliphatic rings. The third-order valence-corrected chi connectivity index (χ3v) is 10.3. The van der Waals surface area contributed by atoms with Crippen molar-refractivity contribution in [3.8, 4) is 28.1 Å². The van der Waals surface area contributed by atoms with E-state index in [1.807, 2.05) is 35.8 Å². The van der Waals surface area contributed by atoms with Gasteiger partial charge in [-0.15, -0.1) is 0 Å². The van der Waals surface area contributed by atoms with Crippen molar-refractivity contribution in [1.29, 1.82) is 0 Å². The Balaban J connectivity index is 1.60. The maximum absolute atomic E-state index is 14.3. The Bertz CT molecular complexity index is 1460. The fraction of sp³-hybridized carbons (Fsp3) is 0.452. The van der Waals surface area contributed by atoms with Gasteiger partial charge in [0.2, 0.25) is 0 Å². The van der Waals surface area contributed by atoms with Crippen LogP contribution >= 0.6 is 0 Å². The van der Waals surface area contributed by atoms with Crippen LogP contribution in [-0.2, 0) is 9.47 Å². The van der Waals surface area contributed by atoms with Crippen molar-refractivity contribution in [2.24, 2.45) is 0 Å². The van der Waals surface area contributed by atoms with Crippen molar-refractivity contribution in [1.82, 2.24) is 19.6 Å². The van der Waals surface area contributed by atoms with Gasteiger partial charge in [-0.3, -0.25) is 4.98 Å². The number of fused-ring (bicyclic) bond motifs is 1. The molecule has 8 nitrogen and oxygen atoms in total. The van der Waals surface area contributed by atoms with Gasteiger partial charge < -0.3 is 19.1 Å². The number of hydrogen-bond donors (Lipinski definition) is 0. The highest BCUT2D eigenvalue weighted by molar-refractivity contribution is 6.76. The Morgan fingerprint density at radius 1 is 0.857 bits per heavy atom. The first-order valence-corrected chi connectivity index (χ1v) is 21.8. The molecule has 42 heavy (non-hydrogen) atoms. The van der Waals surface area contributed by atoms with Gasteiger partial charge in [-0.2, -0.15) is 9.61 Å². The highest BCUT2D eigenvalue weighted by atomic mass is 28.3. The second-order valence-electron chi connectivity index (χ2n) is 13.1. The van der Waals surface area contributed by atoms with Gasteiger partial charge in [0.05, 0.1) is 19.0 Å². The van der Waals surface area contributed by atoms with Crippen LogP contribution < -0.4 is 9.64 Å². The van der Waals surface area contributed by atoms with E-state index in [1.165, 1.54) is 13.2 Å². The fourth-order valence-corrected chi connectivity index (χ4v) is 5.83. The highest BCUT2D eigenvalue weighted by Gasteiger charge is 2.19. The van der Waals surface area contributed by atoms with Gasteiger partial charge >= 0.3 is 0 Å². The lowest BCUT2D eigenvalue weighted by Gasteiger charge is -2.26. The molecule has 0 aliphatic heterocycles. The van der Waals surface area contributed by atoms with E-state index in [4.69, 9.17) is 24.3 Å². The van der Waals surface area contributed by atoms with Gasteiger partial charge in [-0.25, -0.2) is 9.37 Å². The van der Waals surface area contributed by atoms with Gasteiger partial charge in [0.1, 0.15) is 19.3 Å². The SMILES string of the molecule is COc1ccc(-c2ccc(-c3cnn4c(N(COCC[Si](C)(C)C)COCC[Si](C)(C)C)cc(C)nc34)cn2)cc1F. The van der Waals surface area contributed by atoms with Gasteiger partial charge in [-0.05, 0) is 43.3 Å². The molecule has 0 saturated heterocycles. The molecule has 3 heterocycles.